The molecule has 4 N–H and O–H groups in total. The summed E-state index contributed by atoms with van der Waals surface area (Å²) < 4.78 is 6.02. The number of aromatic nitrogens is 2. The van der Waals surface area contributed by atoms with Crippen LogP contribution in [0.4, 0.5) is 16.2 Å². The van der Waals surface area contributed by atoms with E-state index in [0.29, 0.717) is 23.5 Å². The molecule has 6 heteroatoms. The molecule has 0 spiro atoms. The number of benzene rings is 1. The van der Waals surface area contributed by atoms with Crippen molar-refractivity contribution < 1.29 is 9.53 Å². The number of carbonyl (C=O) groups is 1. The Hall–Kier alpha value is -2.24. The zero-order chi connectivity index (χ0) is 11.7. The Morgan fingerprint density at radius 1 is 1.44 bits per heavy atom. The molecule has 0 aliphatic carbocycles. The van der Waals surface area contributed by atoms with E-state index in [4.69, 9.17) is 16.2 Å². The number of nitrogens with two attached hydrogens (primary N) is 2. The molecule has 1 aromatic heterocycles. The van der Waals surface area contributed by atoms with Crippen molar-refractivity contribution in [3.63, 3.8) is 0 Å². The Labute approximate surface area is 91.8 Å². The lowest BCUT2D eigenvalue weighted by Crippen LogP contribution is -2.14. The van der Waals surface area contributed by atoms with Crippen LogP contribution in [-0.2, 0) is 4.74 Å². The standard InChI is InChI=1S/C10H12N4O2/c1-2-16-10(15)14-9-4-8(12)7(11)3-6(9)5-13-14/h3-5H,2,11-12H2,1H3. The Morgan fingerprint density at radius 3 is 2.81 bits per heavy atom. The molecule has 0 bridgehead atoms. The maximum absolute atomic E-state index is 11.5. The van der Waals surface area contributed by atoms with E-state index in [9.17, 15) is 4.79 Å². The van der Waals surface area contributed by atoms with E-state index >= 15 is 0 Å². The Kier molecular flexibility index (Phi) is 2.40. The van der Waals surface area contributed by atoms with E-state index in [1.54, 1.807) is 25.3 Å². The average Bonchev–Trinajstić information content (AvgIpc) is 2.62. The molecule has 6 nitrogen and oxygen atoms in total. The molecule has 0 saturated carbocycles. The van der Waals surface area contributed by atoms with Crippen molar-refractivity contribution >= 4 is 28.4 Å². The molecule has 2 rings (SSSR count). The molecule has 0 unspecified atom stereocenters. The first-order valence-electron chi connectivity index (χ1n) is 4.83. The first kappa shape index (κ1) is 10.3. The summed E-state index contributed by atoms with van der Waals surface area (Å²) in [4.78, 5) is 11.5. The minimum atomic E-state index is -0.526. The zero-order valence-electron chi connectivity index (χ0n) is 8.80. The van der Waals surface area contributed by atoms with Gasteiger partial charge in [-0.15, -0.1) is 0 Å². The highest BCUT2D eigenvalue weighted by atomic mass is 16.5. The monoisotopic (exact) mass is 220 g/mol. The summed E-state index contributed by atoms with van der Waals surface area (Å²) in [6.45, 7) is 2.03. The van der Waals surface area contributed by atoms with E-state index in [1.807, 2.05) is 0 Å². The number of hydrogen-bond donors (Lipinski definition) is 2. The summed E-state index contributed by atoms with van der Waals surface area (Å²) in [6, 6.07) is 3.28. The van der Waals surface area contributed by atoms with Crippen LogP contribution in [0.5, 0.6) is 0 Å². The van der Waals surface area contributed by atoms with Crippen molar-refractivity contribution in [3.05, 3.63) is 18.3 Å². The van der Waals surface area contributed by atoms with E-state index in [1.165, 1.54) is 0 Å². The van der Waals surface area contributed by atoms with Gasteiger partial charge in [0.25, 0.3) is 0 Å². The van der Waals surface area contributed by atoms with Crippen molar-refractivity contribution in [1.29, 1.82) is 0 Å². The third kappa shape index (κ3) is 1.54. The predicted molar refractivity (Wildman–Crippen MR) is 61.0 cm³/mol. The molecule has 84 valence electrons. The van der Waals surface area contributed by atoms with Gasteiger partial charge >= 0.3 is 6.09 Å². The largest absolute Gasteiger partial charge is 0.448 e. The molecule has 0 aliphatic heterocycles. The number of nitrogen functional groups attached to an aromatic ring is 2. The highest BCUT2D eigenvalue weighted by molar-refractivity contribution is 5.93. The van der Waals surface area contributed by atoms with E-state index < -0.39 is 6.09 Å². The molecule has 0 amide bonds. The smallest absolute Gasteiger partial charge is 0.435 e. The van der Waals surface area contributed by atoms with Crippen molar-refractivity contribution in [3.8, 4) is 0 Å². The van der Waals surface area contributed by atoms with Crippen LogP contribution in [0, 0.1) is 0 Å². The Bertz CT molecular complexity index is 547. The van der Waals surface area contributed by atoms with Gasteiger partial charge in [-0.05, 0) is 19.1 Å². The fourth-order valence-corrected chi connectivity index (χ4v) is 1.44. The minimum Gasteiger partial charge on any atom is -0.448 e. The van der Waals surface area contributed by atoms with Gasteiger partial charge in [-0.1, -0.05) is 0 Å². The number of rotatable bonds is 1. The van der Waals surface area contributed by atoms with Gasteiger partial charge in [-0.3, -0.25) is 0 Å². The molecule has 0 saturated heterocycles. The van der Waals surface area contributed by atoms with Crippen LogP contribution in [0.1, 0.15) is 6.92 Å². The number of anilines is 2. The summed E-state index contributed by atoms with van der Waals surface area (Å²) >= 11 is 0. The topological polar surface area (TPSA) is 96.2 Å². The van der Waals surface area contributed by atoms with Crippen molar-refractivity contribution in [2.24, 2.45) is 0 Å². The highest BCUT2D eigenvalue weighted by Gasteiger charge is 2.12. The van der Waals surface area contributed by atoms with Gasteiger partial charge in [0.1, 0.15) is 0 Å². The van der Waals surface area contributed by atoms with Crippen LogP contribution in [0.15, 0.2) is 18.3 Å². The summed E-state index contributed by atoms with van der Waals surface area (Å²) in [6.07, 6.45) is 1.02. The van der Waals surface area contributed by atoms with Crippen molar-refractivity contribution in [2.45, 2.75) is 6.92 Å². The molecule has 0 fully saturated rings. The maximum atomic E-state index is 11.5. The molecule has 16 heavy (non-hydrogen) atoms. The molecule has 0 atom stereocenters. The molecule has 1 heterocycles. The second-order valence-corrected chi connectivity index (χ2v) is 3.30. The van der Waals surface area contributed by atoms with Crippen molar-refractivity contribution in [2.75, 3.05) is 18.1 Å². The maximum Gasteiger partial charge on any atom is 0.435 e. The normalized spacial score (nSPS) is 10.6. The van der Waals surface area contributed by atoms with Crippen molar-refractivity contribution in [1.82, 2.24) is 9.78 Å². The fraction of sp³-hybridized carbons (Fsp3) is 0.200. The summed E-state index contributed by atoms with van der Waals surface area (Å²) in [5.74, 6) is 0. The first-order valence-corrected chi connectivity index (χ1v) is 4.83. The third-order valence-corrected chi connectivity index (χ3v) is 2.21. The lowest BCUT2D eigenvalue weighted by atomic mass is 10.2. The highest BCUT2D eigenvalue weighted by Crippen LogP contribution is 2.23. The van der Waals surface area contributed by atoms with Crippen LogP contribution < -0.4 is 11.5 Å². The summed E-state index contributed by atoms with van der Waals surface area (Å²) in [7, 11) is 0. The van der Waals surface area contributed by atoms with Gasteiger partial charge < -0.3 is 16.2 Å². The number of carbonyl (C=O) groups excluding carboxylic acids is 1. The summed E-state index contributed by atoms with van der Waals surface area (Å²) in [5.41, 5.74) is 12.8. The lowest BCUT2D eigenvalue weighted by molar-refractivity contribution is 0.151. The number of nitrogens with zero attached hydrogens (tertiary/aromatic N) is 2. The van der Waals surface area contributed by atoms with E-state index in [-0.39, 0.29) is 0 Å². The van der Waals surface area contributed by atoms with Crippen LogP contribution in [-0.4, -0.2) is 22.5 Å². The molecular weight excluding hydrogens is 208 g/mol. The van der Waals surface area contributed by atoms with Crippen LogP contribution in [0.25, 0.3) is 10.9 Å². The average molecular weight is 220 g/mol. The second kappa shape index (κ2) is 3.73. The minimum absolute atomic E-state index is 0.296. The summed E-state index contributed by atoms with van der Waals surface area (Å²) in [5, 5.41) is 4.68. The van der Waals surface area contributed by atoms with Gasteiger partial charge in [0.15, 0.2) is 0 Å². The predicted octanol–water partition coefficient (Wildman–Crippen LogP) is 1.21. The van der Waals surface area contributed by atoms with Crippen LogP contribution in [0.2, 0.25) is 0 Å². The molecule has 2 aromatic rings. The number of fused-ring (bicyclic) bond motifs is 1. The van der Waals surface area contributed by atoms with Gasteiger partial charge in [0, 0.05) is 5.39 Å². The number of ether oxygens (including phenoxy) is 1. The molecule has 1 aromatic carbocycles. The first-order chi connectivity index (χ1) is 7.63. The van der Waals surface area contributed by atoms with Gasteiger partial charge in [-0.2, -0.15) is 9.78 Å². The second-order valence-electron chi connectivity index (χ2n) is 3.30. The lowest BCUT2D eigenvalue weighted by Gasteiger charge is -2.04. The van der Waals surface area contributed by atoms with Gasteiger partial charge in [0.05, 0.1) is 29.7 Å². The fourth-order valence-electron chi connectivity index (χ4n) is 1.44. The molecule has 0 aliphatic rings. The number of hydrogen-bond acceptors (Lipinski definition) is 5. The van der Waals surface area contributed by atoms with E-state index in [2.05, 4.69) is 5.10 Å². The molecular formula is C10H12N4O2. The van der Waals surface area contributed by atoms with Crippen LogP contribution >= 0.6 is 0 Å². The Balaban J connectivity index is 2.56. The third-order valence-electron chi connectivity index (χ3n) is 2.21. The van der Waals surface area contributed by atoms with Crippen LogP contribution in [0.3, 0.4) is 0 Å². The zero-order valence-corrected chi connectivity index (χ0v) is 8.80. The Morgan fingerprint density at radius 2 is 2.12 bits per heavy atom. The van der Waals surface area contributed by atoms with Gasteiger partial charge in [-0.25, -0.2) is 4.79 Å². The SMILES string of the molecule is CCOC(=O)n1ncc2cc(N)c(N)cc21. The molecule has 0 radical (unpaired) electrons. The van der Waals surface area contributed by atoms with Gasteiger partial charge in [0.2, 0.25) is 0 Å². The van der Waals surface area contributed by atoms with E-state index in [0.717, 1.165) is 10.1 Å². The quantitative estimate of drug-likeness (QED) is 0.704.